The lowest BCUT2D eigenvalue weighted by Crippen LogP contribution is -2.36. The van der Waals surface area contributed by atoms with Crippen molar-refractivity contribution in [1.82, 2.24) is 34.8 Å². The standard InChI is InChI=1S/C25H26N8O2/c26-24-27-13-18(14-28-24)17-4-6-20(7-5-17)25(8-2-9-25)23-30-22(35-31-23)19-15-29-33(16-19)12-11-32-10-1-3-21(32)34/h4-7,13-16H,1-3,8-12H2,(H2,26,27,28). The molecule has 2 aliphatic rings. The molecule has 1 saturated carbocycles. The lowest BCUT2D eigenvalue weighted by Gasteiger charge is -2.39. The van der Waals surface area contributed by atoms with Crippen molar-refractivity contribution in [3.05, 3.63) is 60.4 Å². The molecule has 2 fully saturated rings. The van der Waals surface area contributed by atoms with Gasteiger partial charge in [-0.25, -0.2) is 9.97 Å². The summed E-state index contributed by atoms with van der Waals surface area (Å²) in [6.07, 6.45) is 11.7. The van der Waals surface area contributed by atoms with Gasteiger partial charge in [-0.2, -0.15) is 10.1 Å². The van der Waals surface area contributed by atoms with E-state index >= 15 is 0 Å². The van der Waals surface area contributed by atoms with Crippen LogP contribution in [-0.2, 0) is 16.8 Å². The third-order valence-electron chi connectivity index (χ3n) is 7.15. The number of rotatable bonds is 7. The molecular formula is C25H26N8O2. The van der Waals surface area contributed by atoms with Crippen LogP contribution in [0.25, 0.3) is 22.6 Å². The van der Waals surface area contributed by atoms with Crippen LogP contribution in [0.15, 0.2) is 53.6 Å². The van der Waals surface area contributed by atoms with Gasteiger partial charge in [0.1, 0.15) is 0 Å². The number of amides is 1. The minimum Gasteiger partial charge on any atom is -0.368 e. The molecule has 0 radical (unpaired) electrons. The molecule has 4 heterocycles. The van der Waals surface area contributed by atoms with Crippen LogP contribution < -0.4 is 5.73 Å². The second-order valence-electron chi connectivity index (χ2n) is 9.24. The summed E-state index contributed by atoms with van der Waals surface area (Å²) in [5.41, 5.74) is 9.25. The monoisotopic (exact) mass is 470 g/mol. The first-order chi connectivity index (χ1) is 17.1. The van der Waals surface area contributed by atoms with Crippen molar-refractivity contribution in [2.24, 2.45) is 0 Å². The number of hydrogen-bond acceptors (Lipinski definition) is 8. The molecule has 3 aromatic heterocycles. The lowest BCUT2D eigenvalue weighted by molar-refractivity contribution is -0.127. The van der Waals surface area contributed by atoms with Crippen molar-refractivity contribution in [3.8, 4) is 22.6 Å². The Morgan fingerprint density at radius 3 is 2.46 bits per heavy atom. The number of benzene rings is 1. The lowest BCUT2D eigenvalue weighted by atomic mass is 9.64. The molecule has 6 rings (SSSR count). The predicted molar refractivity (Wildman–Crippen MR) is 128 cm³/mol. The quantitative estimate of drug-likeness (QED) is 0.436. The number of aromatic nitrogens is 6. The van der Waals surface area contributed by atoms with Gasteiger partial charge in [0.2, 0.25) is 11.9 Å². The second-order valence-corrected chi connectivity index (χ2v) is 9.24. The first-order valence-electron chi connectivity index (χ1n) is 11.9. The predicted octanol–water partition coefficient (Wildman–Crippen LogP) is 3.06. The molecule has 10 heteroatoms. The maximum absolute atomic E-state index is 11.8. The van der Waals surface area contributed by atoms with Crippen molar-refractivity contribution >= 4 is 11.9 Å². The van der Waals surface area contributed by atoms with Gasteiger partial charge in [0, 0.05) is 43.7 Å². The van der Waals surface area contributed by atoms with Crippen LogP contribution in [0.2, 0.25) is 0 Å². The van der Waals surface area contributed by atoms with E-state index in [1.54, 1.807) is 18.6 Å². The Bertz CT molecular complexity index is 1340. The van der Waals surface area contributed by atoms with E-state index in [4.69, 9.17) is 15.2 Å². The highest BCUT2D eigenvalue weighted by molar-refractivity contribution is 5.78. The Balaban J connectivity index is 1.19. The van der Waals surface area contributed by atoms with E-state index in [9.17, 15) is 4.79 Å². The highest BCUT2D eigenvalue weighted by atomic mass is 16.5. The van der Waals surface area contributed by atoms with E-state index in [-0.39, 0.29) is 17.3 Å². The van der Waals surface area contributed by atoms with Crippen molar-refractivity contribution in [1.29, 1.82) is 0 Å². The van der Waals surface area contributed by atoms with Crippen LogP contribution in [0, 0.1) is 0 Å². The normalized spacial score (nSPS) is 17.0. The smallest absolute Gasteiger partial charge is 0.261 e. The van der Waals surface area contributed by atoms with E-state index < -0.39 is 0 Å². The fraction of sp³-hybridized carbons (Fsp3) is 0.360. The van der Waals surface area contributed by atoms with Crippen LogP contribution >= 0.6 is 0 Å². The number of likely N-dealkylation sites (tertiary alicyclic amines) is 1. The molecule has 1 amide bonds. The molecule has 1 aromatic carbocycles. The Hall–Kier alpha value is -4.08. The Labute approximate surface area is 202 Å². The molecule has 35 heavy (non-hydrogen) atoms. The summed E-state index contributed by atoms with van der Waals surface area (Å²) in [5, 5.41) is 8.79. The summed E-state index contributed by atoms with van der Waals surface area (Å²) in [7, 11) is 0. The molecule has 0 spiro atoms. The molecule has 0 bridgehead atoms. The minimum atomic E-state index is -0.246. The van der Waals surface area contributed by atoms with Crippen molar-refractivity contribution < 1.29 is 9.32 Å². The molecule has 10 nitrogen and oxygen atoms in total. The Morgan fingerprint density at radius 2 is 1.77 bits per heavy atom. The Morgan fingerprint density at radius 1 is 0.971 bits per heavy atom. The maximum Gasteiger partial charge on any atom is 0.261 e. The fourth-order valence-electron chi connectivity index (χ4n) is 4.94. The topological polar surface area (TPSA) is 129 Å². The first kappa shape index (κ1) is 21.5. The molecule has 0 unspecified atom stereocenters. The van der Waals surface area contributed by atoms with Crippen LogP contribution in [0.3, 0.4) is 0 Å². The van der Waals surface area contributed by atoms with Gasteiger partial charge >= 0.3 is 0 Å². The number of nitrogen functional groups attached to an aromatic ring is 1. The first-order valence-corrected chi connectivity index (χ1v) is 11.9. The zero-order chi connectivity index (χ0) is 23.8. The largest absolute Gasteiger partial charge is 0.368 e. The number of nitrogens with zero attached hydrogens (tertiary/aromatic N) is 7. The molecule has 2 N–H and O–H groups in total. The summed E-state index contributed by atoms with van der Waals surface area (Å²) in [4.78, 5) is 26.6. The summed E-state index contributed by atoms with van der Waals surface area (Å²) < 4.78 is 7.48. The molecule has 1 aliphatic carbocycles. The van der Waals surface area contributed by atoms with Gasteiger partial charge in [0.15, 0.2) is 5.82 Å². The number of hydrogen-bond donors (Lipinski definition) is 1. The number of carbonyl (C=O) groups is 1. The molecular weight excluding hydrogens is 444 g/mol. The van der Waals surface area contributed by atoms with Crippen LogP contribution in [0.4, 0.5) is 5.95 Å². The summed E-state index contributed by atoms with van der Waals surface area (Å²) in [6.45, 7) is 2.13. The van der Waals surface area contributed by atoms with Crippen LogP contribution in [-0.4, -0.2) is 53.8 Å². The van der Waals surface area contributed by atoms with Gasteiger partial charge in [-0.05, 0) is 30.4 Å². The highest BCUT2D eigenvalue weighted by Gasteiger charge is 2.44. The van der Waals surface area contributed by atoms with Gasteiger partial charge in [-0.15, -0.1) is 0 Å². The van der Waals surface area contributed by atoms with Gasteiger partial charge in [0.05, 0.1) is 23.7 Å². The zero-order valence-corrected chi connectivity index (χ0v) is 19.3. The van der Waals surface area contributed by atoms with Gasteiger partial charge in [0.25, 0.3) is 5.89 Å². The van der Waals surface area contributed by atoms with Gasteiger partial charge in [-0.3, -0.25) is 9.48 Å². The van der Waals surface area contributed by atoms with Gasteiger partial charge < -0.3 is 15.2 Å². The third kappa shape index (κ3) is 3.94. The van der Waals surface area contributed by atoms with Crippen molar-refractivity contribution in [3.63, 3.8) is 0 Å². The number of carbonyl (C=O) groups excluding carboxylic acids is 1. The van der Waals surface area contributed by atoms with E-state index in [0.717, 1.165) is 48.9 Å². The van der Waals surface area contributed by atoms with Gasteiger partial charge in [-0.1, -0.05) is 35.8 Å². The van der Waals surface area contributed by atoms with Crippen LogP contribution in [0.1, 0.15) is 43.5 Å². The van der Waals surface area contributed by atoms with Crippen LogP contribution in [0.5, 0.6) is 0 Å². The van der Waals surface area contributed by atoms with E-state index in [0.29, 0.717) is 31.2 Å². The molecule has 0 atom stereocenters. The summed E-state index contributed by atoms with van der Waals surface area (Å²) in [6, 6.07) is 8.39. The van der Waals surface area contributed by atoms with E-state index in [2.05, 4.69) is 44.5 Å². The Kier molecular flexibility index (Phi) is 5.28. The maximum atomic E-state index is 11.8. The minimum absolute atomic E-state index is 0.222. The number of nitrogens with two attached hydrogens (primary N) is 1. The number of anilines is 1. The highest BCUT2D eigenvalue weighted by Crippen LogP contribution is 2.48. The molecule has 4 aromatic rings. The van der Waals surface area contributed by atoms with Crippen molar-refractivity contribution in [2.75, 3.05) is 18.8 Å². The summed E-state index contributed by atoms with van der Waals surface area (Å²) >= 11 is 0. The fourth-order valence-corrected chi connectivity index (χ4v) is 4.94. The molecule has 178 valence electrons. The molecule has 1 aliphatic heterocycles. The van der Waals surface area contributed by atoms with E-state index in [1.807, 2.05) is 15.8 Å². The third-order valence-corrected chi connectivity index (χ3v) is 7.15. The average Bonchev–Trinajstić information content (AvgIpc) is 3.60. The van der Waals surface area contributed by atoms with Crippen molar-refractivity contribution in [2.45, 2.75) is 44.1 Å². The molecule has 1 saturated heterocycles. The SMILES string of the molecule is Nc1ncc(-c2ccc(C3(c4noc(-c5cnn(CCN6CCCC6=O)c5)n4)CCC3)cc2)cn1. The summed E-state index contributed by atoms with van der Waals surface area (Å²) in [5.74, 6) is 1.65. The average molecular weight is 471 g/mol. The zero-order valence-electron chi connectivity index (χ0n) is 19.3. The van der Waals surface area contributed by atoms with E-state index in [1.165, 1.54) is 5.56 Å². The second kappa shape index (κ2) is 8.61.